The second-order valence-electron chi connectivity index (χ2n) is 19.3. The minimum atomic E-state index is -2.98. The average Bonchev–Trinajstić information content (AvgIpc) is 3.44. The highest BCUT2D eigenvalue weighted by molar-refractivity contribution is 7.92. The number of nitrogens with zero attached hydrogens (tertiary/aromatic N) is 1. The van der Waals surface area contributed by atoms with E-state index in [1.165, 1.54) is 69.8 Å². The zero-order chi connectivity index (χ0) is 33.6. The van der Waals surface area contributed by atoms with E-state index in [2.05, 4.69) is 57.0 Å². The first-order valence-electron chi connectivity index (χ1n) is 19.8. The molecule has 0 aromatic rings. The maximum atomic E-state index is 13.4. The number of halogens is 1. The Hall–Kier alpha value is -0.720. The highest BCUT2D eigenvalue weighted by Gasteiger charge is 2.69. The lowest BCUT2D eigenvalue weighted by molar-refractivity contribution is -0.218. The number of sulfone groups is 1. The molecule has 10 unspecified atom stereocenters. The van der Waals surface area contributed by atoms with Crippen LogP contribution < -0.4 is 5.32 Å². The molecule has 7 rings (SSSR count). The zero-order valence-corrected chi connectivity index (χ0v) is 31.8. The molecule has 266 valence electrons. The normalized spacial score (nSPS) is 49.1. The van der Waals surface area contributed by atoms with E-state index in [-0.39, 0.29) is 34.0 Å². The van der Waals surface area contributed by atoms with E-state index in [1.807, 2.05) is 13.8 Å². The first-order chi connectivity index (χ1) is 22.1. The third-order valence-electron chi connectivity index (χ3n) is 17.1. The van der Waals surface area contributed by atoms with Crippen LogP contribution in [0.5, 0.6) is 0 Å². The van der Waals surface area contributed by atoms with Crippen molar-refractivity contribution in [1.29, 1.82) is 0 Å². The minimum Gasteiger partial charge on any atom is -0.310 e. The summed E-state index contributed by atoms with van der Waals surface area (Å²) in [6, 6.07) is 0. The number of rotatable bonds is 6. The Labute approximate surface area is 287 Å². The molecular formula is C41H67FN2O2S. The molecular weight excluding hydrogens is 604 g/mol. The summed E-state index contributed by atoms with van der Waals surface area (Å²) in [4.78, 5) is 2.40. The quantitative estimate of drug-likeness (QED) is 0.307. The van der Waals surface area contributed by atoms with Gasteiger partial charge in [0.1, 0.15) is 0 Å². The largest absolute Gasteiger partial charge is 0.310 e. The number of allylic oxidation sites excluding steroid dienone is 4. The Morgan fingerprint density at radius 2 is 1.60 bits per heavy atom. The van der Waals surface area contributed by atoms with Crippen molar-refractivity contribution < 1.29 is 12.8 Å². The van der Waals surface area contributed by atoms with Gasteiger partial charge in [0.2, 0.25) is 0 Å². The highest BCUT2D eigenvalue weighted by atomic mass is 32.2. The molecule has 7 aliphatic rings. The number of alkyl halides is 1. The first kappa shape index (κ1) is 34.7. The van der Waals surface area contributed by atoms with Gasteiger partial charge in [0, 0.05) is 31.7 Å². The van der Waals surface area contributed by atoms with Crippen LogP contribution >= 0.6 is 0 Å². The fraction of sp³-hybridized carbons (Fsp3) is 0.902. The van der Waals surface area contributed by atoms with Crippen LogP contribution in [0.2, 0.25) is 0 Å². The standard InChI is InChI=1S/C41H67FN2O2S/c1-28-26-44(27-29(2)47(28,45)46)24-23-43-41-18-8-9-34(41)33-14-15-36-38(5)19-16-32(31-12-10-30(25-42)11-13-31)37(3,4)35(38)17-20-40(36,7)39(33,6)21-22-41/h12,16,28-30,33-36,43H,8-11,13-15,17-27H2,1-7H3/t28?,29?,30?,33?,34?,35?,36?,38?,39-,40?,41?/m1/s1. The maximum Gasteiger partial charge on any atom is 0.157 e. The molecule has 1 aliphatic heterocycles. The smallest absolute Gasteiger partial charge is 0.157 e. The molecule has 0 bridgehead atoms. The van der Waals surface area contributed by atoms with E-state index in [1.54, 1.807) is 5.57 Å². The van der Waals surface area contributed by atoms with Crippen LogP contribution in [0.1, 0.15) is 132 Å². The van der Waals surface area contributed by atoms with Gasteiger partial charge in [-0.25, -0.2) is 8.42 Å². The summed E-state index contributed by atoms with van der Waals surface area (Å²) in [7, 11) is -2.98. The van der Waals surface area contributed by atoms with Crippen LogP contribution in [0, 0.1) is 51.2 Å². The van der Waals surface area contributed by atoms with Gasteiger partial charge in [-0.3, -0.25) is 9.29 Å². The summed E-state index contributed by atoms with van der Waals surface area (Å²) in [6.45, 7) is 20.2. The van der Waals surface area contributed by atoms with Gasteiger partial charge < -0.3 is 5.32 Å². The predicted molar refractivity (Wildman–Crippen MR) is 193 cm³/mol. The van der Waals surface area contributed by atoms with Crippen molar-refractivity contribution in [1.82, 2.24) is 10.2 Å². The van der Waals surface area contributed by atoms with Crippen LogP contribution in [-0.4, -0.2) is 62.2 Å². The molecule has 6 aliphatic carbocycles. The van der Waals surface area contributed by atoms with Crippen LogP contribution in [0.3, 0.4) is 0 Å². The van der Waals surface area contributed by atoms with Crippen LogP contribution in [-0.2, 0) is 9.84 Å². The van der Waals surface area contributed by atoms with Crippen LogP contribution in [0.4, 0.5) is 4.39 Å². The van der Waals surface area contributed by atoms with E-state index < -0.39 is 9.84 Å². The number of nitrogens with one attached hydrogen (secondary N) is 1. The number of fused-ring (bicyclic) bond motifs is 7. The zero-order valence-electron chi connectivity index (χ0n) is 31.0. The van der Waals surface area contributed by atoms with E-state index >= 15 is 0 Å². The van der Waals surface area contributed by atoms with Gasteiger partial charge in [0.05, 0.1) is 17.2 Å². The molecule has 0 radical (unpaired) electrons. The lowest BCUT2D eigenvalue weighted by Gasteiger charge is -2.72. The Bertz CT molecular complexity index is 1370. The average molecular weight is 671 g/mol. The highest BCUT2D eigenvalue weighted by Crippen LogP contribution is 2.76. The third-order valence-corrected chi connectivity index (χ3v) is 19.6. The fourth-order valence-electron chi connectivity index (χ4n) is 14.4. The molecule has 1 heterocycles. The van der Waals surface area contributed by atoms with Gasteiger partial charge in [-0.2, -0.15) is 0 Å². The minimum absolute atomic E-state index is 0.170. The summed E-state index contributed by atoms with van der Waals surface area (Å²) in [5.74, 6) is 3.27. The Balaban J connectivity index is 1.08. The monoisotopic (exact) mass is 670 g/mol. The van der Waals surface area contributed by atoms with Gasteiger partial charge in [0.15, 0.2) is 9.84 Å². The lowest BCUT2D eigenvalue weighted by Crippen LogP contribution is -2.67. The van der Waals surface area contributed by atoms with Crippen LogP contribution in [0.25, 0.3) is 0 Å². The number of hydrogen-bond acceptors (Lipinski definition) is 4. The summed E-state index contributed by atoms with van der Waals surface area (Å²) in [6.07, 6.45) is 21.4. The molecule has 5 fully saturated rings. The molecule has 4 saturated carbocycles. The van der Waals surface area contributed by atoms with E-state index in [0.717, 1.165) is 50.1 Å². The molecule has 11 atom stereocenters. The van der Waals surface area contributed by atoms with Crippen molar-refractivity contribution in [2.75, 3.05) is 32.9 Å². The Kier molecular flexibility index (Phi) is 8.81. The molecule has 1 N–H and O–H groups in total. The van der Waals surface area contributed by atoms with Crippen molar-refractivity contribution in [3.8, 4) is 0 Å². The van der Waals surface area contributed by atoms with E-state index in [9.17, 15) is 12.8 Å². The summed E-state index contributed by atoms with van der Waals surface area (Å²) in [5, 5.41) is 3.69. The van der Waals surface area contributed by atoms with Crippen molar-refractivity contribution in [2.24, 2.45) is 51.2 Å². The maximum absolute atomic E-state index is 13.4. The van der Waals surface area contributed by atoms with Gasteiger partial charge in [-0.15, -0.1) is 0 Å². The molecule has 0 aromatic heterocycles. The molecule has 0 amide bonds. The summed E-state index contributed by atoms with van der Waals surface area (Å²) >= 11 is 0. The van der Waals surface area contributed by atoms with Crippen molar-refractivity contribution in [3.05, 3.63) is 23.3 Å². The second-order valence-corrected chi connectivity index (χ2v) is 22.1. The molecule has 47 heavy (non-hydrogen) atoms. The fourth-order valence-corrected chi connectivity index (χ4v) is 16.0. The second kappa shape index (κ2) is 11.9. The molecule has 0 spiro atoms. The summed E-state index contributed by atoms with van der Waals surface area (Å²) in [5.41, 5.74) is 4.69. The van der Waals surface area contributed by atoms with Crippen molar-refractivity contribution in [2.45, 2.75) is 148 Å². The van der Waals surface area contributed by atoms with Crippen LogP contribution in [0.15, 0.2) is 23.3 Å². The van der Waals surface area contributed by atoms with Gasteiger partial charge in [-0.1, -0.05) is 53.2 Å². The van der Waals surface area contributed by atoms with Crippen molar-refractivity contribution >= 4 is 9.84 Å². The number of hydrogen-bond donors (Lipinski definition) is 1. The Morgan fingerprint density at radius 1 is 0.851 bits per heavy atom. The Morgan fingerprint density at radius 3 is 2.28 bits per heavy atom. The lowest BCUT2D eigenvalue weighted by atomic mass is 9.33. The van der Waals surface area contributed by atoms with E-state index in [4.69, 9.17) is 0 Å². The van der Waals surface area contributed by atoms with Gasteiger partial charge in [0.25, 0.3) is 0 Å². The van der Waals surface area contributed by atoms with E-state index in [0.29, 0.717) is 35.3 Å². The molecule has 4 nitrogen and oxygen atoms in total. The van der Waals surface area contributed by atoms with Gasteiger partial charge in [-0.05, 0) is 153 Å². The van der Waals surface area contributed by atoms with Crippen molar-refractivity contribution in [3.63, 3.8) is 0 Å². The topological polar surface area (TPSA) is 49.4 Å². The first-order valence-corrected chi connectivity index (χ1v) is 21.4. The molecule has 6 heteroatoms. The third kappa shape index (κ3) is 5.15. The SMILES string of the molecule is CC1CN(CCNC23CCCC2C2CCC4C5(C)CC=C(C6=CCC(CF)CC6)C(C)(C)C5CCC4(C)[C@]2(C)CC3)CC(C)S1(=O)=O. The van der Waals surface area contributed by atoms with Gasteiger partial charge >= 0.3 is 0 Å². The summed E-state index contributed by atoms with van der Waals surface area (Å²) < 4.78 is 38.6. The molecule has 0 aromatic carbocycles. The predicted octanol–water partition coefficient (Wildman–Crippen LogP) is 8.92. The molecule has 1 saturated heterocycles.